The monoisotopic (exact) mass is 170 g/mol. The lowest BCUT2D eigenvalue weighted by Crippen LogP contribution is -2.44. The molecule has 1 aliphatic rings. The minimum atomic E-state index is -0.286. The van der Waals surface area contributed by atoms with Crippen molar-refractivity contribution in [2.45, 2.75) is 40.5 Å². The number of carbonyl (C=O) groups excluding carboxylic acids is 1. The Morgan fingerprint density at radius 3 is 2.33 bits per heavy atom. The van der Waals surface area contributed by atoms with Crippen molar-refractivity contribution in [3.05, 3.63) is 0 Å². The van der Waals surface area contributed by atoms with Gasteiger partial charge >= 0.3 is 5.97 Å². The molecule has 2 heteroatoms. The van der Waals surface area contributed by atoms with Gasteiger partial charge in [-0.05, 0) is 25.2 Å². The molecule has 1 fully saturated rings. The SMILES string of the molecule is CC(C)(C)C1(C)CCCOC1=O. The molecular formula is C10H18O2. The van der Waals surface area contributed by atoms with Crippen LogP contribution in [0.4, 0.5) is 0 Å². The van der Waals surface area contributed by atoms with Gasteiger partial charge in [-0.2, -0.15) is 0 Å². The molecule has 0 amide bonds. The summed E-state index contributed by atoms with van der Waals surface area (Å²) in [5.74, 6) is -0.0266. The van der Waals surface area contributed by atoms with E-state index in [1.807, 2.05) is 6.92 Å². The Morgan fingerprint density at radius 1 is 1.42 bits per heavy atom. The van der Waals surface area contributed by atoms with Crippen molar-refractivity contribution < 1.29 is 9.53 Å². The van der Waals surface area contributed by atoms with Crippen molar-refractivity contribution in [1.82, 2.24) is 0 Å². The molecule has 0 aromatic heterocycles. The Morgan fingerprint density at radius 2 is 2.00 bits per heavy atom. The van der Waals surface area contributed by atoms with Gasteiger partial charge < -0.3 is 4.74 Å². The zero-order valence-electron chi connectivity index (χ0n) is 8.44. The van der Waals surface area contributed by atoms with Gasteiger partial charge in [0.15, 0.2) is 0 Å². The normalized spacial score (nSPS) is 31.5. The molecule has 0 radical (unpaired) electrons. The standard InChI is InChI=1S/C10H18O2/c1-9(2,3)10(4)6-5-7-12-8(10)11/h5-7H2,1-4H3. The van der Waals surface area contributed by atoms with E-state index in [0.29, 0.717) is 6.61 Å². The predicted octanol–water partition coefficient (Wildman–Crippen LogP) is 2.38. The molecular weight excluding hydrogens is 152 g/mol. The first-order valence-corrected chi connectivity index (χ1v) is 4.55. The highest BCUT2D eigenvalue weighted by atomic mass is 16.5. The van der Waals surface area contributed by atoms with Crippen LogP contribution in [0.3, 0.4) is 0 Å². The predicted molar refractivity (Wildman–Crippen MR) is 47.8 cm³/mol. The second-order valence-electron chi connectivity index (χ2n) is 4.82. The molecule has 12 heavy (non-hydrogen) atoms. The van der Waals surface area contributed by atoms with Crippen molar-refractivity contribution in [1.29, 1.82) is 0 Å². The summed E-state index contributed by atoms with van der Waals surface area (Å²) in [6.45, 7) is 8.90. The molecule has 1 aliphatic heterocycles. The number of hydrogen-bond acceptors (Lipinski definition) is 2. The third kappa shape index (κ3) is 1.35. The maximum atomic E-state index is 11.5. The van der Waals surface area contributed by atoms with Crippen molar-refractivity contribution in [2.75, 3.05) is 6.61 Å². The van der Waals surface area contributed by atoms with Crippen molar-refractivity contribution in [2.24, 2.45) is 10.8 Å². The Balaban J connectivity index is 2.87. The molecule has 1 atom stereocenters. The molecule has 0 aromatic carbocycles. The van der Waals surface area contributed by atoms with Crippen molar-refractivity contribution >= 4 is 5.97 Å². The molecule has 1 heterocycles. The third-order valence-electron chi connectivity index (χ3n) is 3.16. The van der Waals surface area contributed by atoms with E-state index in [1.54, 1.807) is 0 Å². The lowest BCUT2D eigenvalue weighted by atomic mass is 9.65. The lowest BCUT2D eigenvalue weighted by Gasteiger charge is -2.42. The molecule has 0 spiro atoms. The fourth-order valence-corrected chi connectivity index (χ4v) is 1.53. The fourth-order valence-electron chi connectivity index (χ4n) is 1.53. The van der Waals surface area contributed by atoms with Crippen LogP contribution in [-0.4, -0.2) is 12.6 Å². The summed E-state index contributed by atoms with van der Waals surface area (Å²) in [6.07, 6.45) is 1.95. The summed E-state index contributed by atoms with van der Waals surface area (Å²) in [6, 6.07) is 0. The Labute approximate surface area is 74.3 Å². The van der Waals surface area contributed by atoms with Crippen LogP contribution >= 0.6 is 0 Å². The van der Waals surface area contributed by atoms with E-state index >= 15 is 0 Å². The van der Waals surface area contributed by atoms with E-state index in [9.17, 15) is 4.79 Å². The molecule has 1 unspecified atom stereocenters. The smallest absolute Gasteiger partial charge is 0.312 e. The zero-order valence-corrected chi connectivity index (χ0v) is 8.44. The largest absolute Gasteiger partial charge is 0.465 e. The number of cyclic esters (lactones) is 1. The van der Waals surface area contributed by atoms with Crippen LogP contribution in [0.15, 0.2) is 0 Å². The first-order valence-electron chi connectivity index (χ1n) is 4.55. The third-order valence-corrected chi connectivity index (χ3v) is 3.16. The average Bonchev–Trinajstić information content (AvgIpc) is 1.93. The molecule has 1 saturated heterocycles. The second-order valence-corrected chi connectivity index (χ2v) is 4.82. The Kier molecular flexibility index (Phi) is 2.19. The molecule has 0 bridgehead atoms. The first kappa shape index (κ1) is 9.56. The molecule has 0 saturated carbocycles. The number of rotatable bonds is 0. The number of ether oxygens (including phenoxy) is 1. The summed E-state index contributed by atoms with van der Waals surface area (Å²) < 4.78 is 5.08. The van der Waals surface area contributed by atoms with E-state index in [2.05, 4.69) is 20.8 Å². The fraction of sp³-hybridized carbons (Fsp3) is 0.900. The highest BCUT2D eigenvalue weighted by Gasteiger charge is 2.46. The second kappa shape index (κ2) is 2.75. The van der Waals surface area contributed by atoms with E-state index in [1.165, 1.54) is 0 Å². The van der Waals surface area contributed by atoms with Crippen LogP contribution in [-0.2, 0) is 9.53 Å². The van der Waals surface area contributed by atoms with Gasteiger partial charge in [-0.25, -0.2) is 0 Å². The van der Waals surface area contributed by atoms with Crippen LogP contribution in [0.5, 0.6) is 0 Å². The molecule has 70 valence electrons. The summed E-state index contributed by atoms with van der Waals surface area (Å²) in [5, 5.41) is 0. The first-order chi connectivity index (χ1) is 5.38. The van der Waals surface area contributed by atoms with E-state index < -0.39 is 0 Å². The molecule has 0 aromatic rings. The van der Waals surface area contributed by atoms with Gasteiger partial charge in [-0.1, -0.05) is 20.8 Å². The van der Waals surface area contributed by atoms with Crippen LogP contribution in [0, 0.1) is 10.8 Å². The number of hydrogen-bond donors (Lipinski definition) is 0. The van der Waals surface area contributed by atoms with Gasteiger partial charge in [0.05, 0.1) is 12.0 Å². The highest BCUT2D eigenvalue weighted by Crippen LogP contribution is 2.44. The van der Waals surface area contributed by atoms with Gasteiger partial charge in [0.1, 0.15) is 0 Å². The minimum Gasteiger partial charge on any atom is -0.465 e. The number of esters is 1. The van der Waals surface area contributed by atoms with E-state index in [-0.39, 0.29) is 16.8 Å². The number of carbonyl (C=O) groups is 1. The lowest BCUT2D eigenvalue weighted by molar-refractivity contribution is -0.169. The van der Waals surface area contributed by atoms with Crippen LogP contribution in [0.2, 0.25) is 0 Å². The van der Waals surface area contributed by atoms with E-state index in [0.717, 1.165) is 12.8 Å². The zero-order chi connectivity index (χ0) is 9.41. The maximum absolute atomic E-state index is 11.5. The van der Waals surface area contributed by atoms with E-state index in [4.69, 9.17) is 4.74 Å². The summed E-state index contributed by atoms with van der Waals surface area (Å²) in [4.78, 5) is 11.5. The quantitative estimate of drug-likeness (QED) is 0.522. The molecule has 1 rings (SSSR count). The van der Waals surface area contributed by atoms with Crippen LogP contribution in [0.1, 0.15) is 40.5 Å². The van der Waals surface area contributed by atoms with Gasteiger partial charge in [0.25, 0.3) is 0 Å². The highest BCUT2D eigenvalue weighted by molar-refractivity contribution is 5.77. The van der Waals surface area contributed by atoms with Gasteiger partial charge in [0.2, 0.25) is 0 Å². The molecule has 2 nitrogen and oxygen atoms in total. The van der Waals surface area contributed by atoms with Crippen molar-refractivity contribution in [3.63, 3.8) is 0 Å². The van der Waals surface area contributed by atoms with Gasteiger partial charge in [-0.15, -0.1) is 0 Å². The summed E-state index contributed by atoms with van der Waals surface area (Å²) in [5.41, 5.74) is -0.282. The minimum absolute atomic E-state index is 0.00447. The Bertz CT molecular complexity index is 191. The molecule has 0 aliphatic carbocycles. The topological polar surface area (TPSA) is 26.3 Å². The average molecular weight is 170 g/mol. The van der Waals surface area contributed by atoms with Gasteiger partial charge in [-0.3, -0.25) is 4.79 Å². The van der Waals surface area contributed by atoms with Crippen molar-refractivity contribution in [3.8, 4) is 0 Å². The summed E-state index contributed by atoms with van der Waals surface area (Å²) >= 11 is 0. The maximum Gasteiger partial charge on any atom is 0.312 e. The van der Waals surface area contributed by atoms with Crippen LogP contribution in [0.25, 0.3) is 0 Å². The van der Waals surface area contributed by atoms with Crippen LogP contribution < -0.4 is 0 Å². The Hall–Kier alpha value is -0.530. The van der Waals surface area contributed by atoms with Gasteiger partial charge in [0, 0.05) is 0 Å². The molecule has 0 N–H and O–H groups in total. The summed E-state index contributed by atoms with van der Waals surface area (Å²) in [7, 11) is 0.